The normalized spacial score (nSPS) is 10.9. The van der Waals surface area contributed by atoms with Crippen LogP contribution in [0.25, 0.3) is 0 Å². The number of aromatic hydroxyl groups is 1. The van der Waals surface area contributed by atoms with Crippen LogP contribution in [0, 0.1) is 17.1 Å². The monoisotopic (exact) mass is 237 g/mol. The lowest BCUT2D eigenvalue weighted by molar-refractivity contribution is -0.138. The van der Waals surface area contributed by atoms with Crippen molar-refractivity contribution in [2.24, 2.45) is 0 Å². The SMILES string of the molecule is CC(C)(CC(=O)O)c1cc(F)c(O)c(C#N)c1. The van der Waals surface area contributed by atoms with Crippen molar-refractivity contribution in [1.29, 1.82) is 5.26 Å². The molecule has 0 bridgehead atoms. The maximum Gasteiger partial charge on any atom is 0.304 e. The van der Waals surface area contributed by atoms with E-state index in [2.05, 4.69) is 0 Å². The summed E-state index contributed by atoms with van der Waals surface area (Å²) in [4.78, 5) is 10.7. The third kappa shape index (κ3) is 2.72. The number of carbonyl (C=O) groups is 1. The fourth-order valence-electron chi connectivity index (χ4n) is 1.56. The van der Waals surface area contributed by atoms with Gasteiger partial charge in [0.2, 0.25) is 0 Å². The molecule has 0 saturated carbocycles. The van der Waals surface area contributed by atoms with Crippen molar-refractivity contribution in [2.45, 2.75) is 25.7 Å². The van der Waals surface area contributed by atoms with Crippen LogP contribution in [0.3, 0.4) is 0 Å². The minimum absolute atomic E-state index is 0.192. The van der Waals surface area contributed by atoms with Crippen LogP contribution < -0.4 is 0 Å². The molecule has 4 nitrogen and oxygen atoms in total. The summed E-state index contributed by atoms with van der Waals surface area (Å²) in [5.41, 5.74) is -0.642. The molecule has 0 fully saturated rings. The van der Waals surface area contributed by atoms with E-state index in [0.29, 0.717) is 5.56 Å². The molecule has 2 N–H and O–H groups in total. The highest BCUT2D eigenvalue weighted by Gasteiger charge is 2.26. The second kappa shape index (κ2) is 4.42. The third-order valence-electron chi connectivity index (χ3n) is 2.56. The summed E-state index contributed by atoms with van der Waals surface area (Å²) in [6.45, 7) is 3.27. The average molecular weight is 237 g/mol. The Hall–Kier alpha value is -2.09. The summed E-state index contributed by atoms with van der Waals surface area (Å²) in [6.07, 6.45) is -0.192. The van der Waals surface area contributed by atoms with Gasteiger partial charge in [-0.15, -0.1) is 0 Å². The van der Waals surface area contributed by atoms with Crippen LogP contribution in [0.1, 0.15) is 31.4 Å². The molecule has 0 aliphatic rings. The van der Waals surface area contributed by atoms with Crippen molar-refractivity contribution in [3.63, 3.8) is 0 Å². The number of carboxylic acids is 1. The fourth-order valence-corrected chi connectivity index (χ4v) is 1.56. The van der Waals surface area contributed by atoms with Gasteiger partial charge in [0, 0.05) is 5.41 Å². The summed E-state index contributed by atoms with van der Waals surface area (Å²) in [6, 6.07) is 4.03. The number of carboxylic acid groups (broad SMARTS) is 1. The van der Waals surface area contributed by atoms with Crippen molar-refractivity contribution < 1.29 is 19.4 Å². The van der Waals surface area contributed by atoms with Gasteiger partial charge in [0.05, 0.1) is 12.0 Å². The number of hydrogen-bond donors (Lipinski definition) is 2. The lowest BCUT2D eigenvalue weighted by atomic mass is 9.81. The van der Waals surface area contributed by atoms with Gasteiger partial charge in [0.15, 0.2) is 11.6 Å². The second-order valence-corrected chi connectivity index (χ2v) is 4.42. The number of benzene rings is 1. The molecule has 0 atom stereocenters. The largest absolute Gasteiger partial charge is 0.504 e. The summed E-state index contributed by atoms with van der Waals surface area (Å²) < 4.78 is 13.3. The summed E-state index contributed by atoms with van der Waals surface area (Å²) in [5, 5.41) is 26.7. The van der Waals surface area contributed by atoms with Crippen molar-refractivity contribution in [2.75, 3.05) is 0 Å². The van der Waals surface area contributed by atoms with Crippen LogP contribution in [-0.2, 0) is 10.2 Å². The number of hydrogen-bond acceptors (Lipinski definition) is 3. The van der Waals surface area contributed by atoms with Crippen molar-refractivity contribution >= 4 is 5.97 Å². The first-order valence-corrected chi connectivity index (χ1v) is 4.93. The van der Waals surface area contributed by atoms with Crippen LogP contribution in [0.5, 0.6) is 5.75 Å². The Balaban J connectivity index is 3.29. The van der Waals surface area contributed by atoms with E-state index in [-0.39, 0.29) is 12.0 Å². The summed E-state index contributed by atoms with van der Waals surface area (Å²) in [5.74, 6) is -2.64. The van der Waals surface area contributed by atoms with Gasteiger partial charge in [-0.1, -0.05) is 13.8 Å². The predicted octanol–water partition coefficient (Wildman–Crippen LogP) is 2.16. The number of aliphatic carboxylic acids is 1. The van der Waals surface area contributed by atoms with E-state index in [4.69, 9.17) is 10.4 Å². The zero-order valence-electron chi connectivity index (χ0n) is 9.49. The minimum atomic E-state index is -1.01. The molecule has 1 aromatic carbocycles. The number of rotatable bonds is 3. The quantitative estimate of drug-likeness (QED) is 0.843. The number of nitrogens with zero attached hydrogens (tertiary/aromatic N) is 1. The lowest BCUT2D eigenvalue weighted by Gasteiger charge is -2.23. The molecule has 1 aromatic rings. The molecule has 0 aliphatic carbocycles. The standard InChI is InChI=1S/C12H12FNO3/c1-12(2,5-10(15)16)8-3-7(6-14)11(17)9(13)4-8/h3-4,17H,5H2,1-2H3,(H,15,16). The highest BCUT2D eigenvalue weighted by Crippen LogP contribution is 2.32. The third-order valence-corrected chi connectivity index (χ3v) is 2.56. The molecule has 5 heteroatoms. The number of phenols is 1. The van der Waals surface area contributed by atoms with Gasteiger partial charge in [-0.2, -0.15) is 5.26 Å². The van der Waals surface area contributed by atoms with E-state index in [9.17, 15) is 14.3 Å². The highest BCUT2D eigenvalue weighted by molar-refractivity contribution is 5.69. The highest BCUT2D eigenvalue weighted by atomic mass is 19.1. The zero-order chi connectivity index (χ0) is 13.2. The Kier molecular flexibility index (Phi) is 3.37. The van der Waals surface area contributed by atoms with Gasteiger partial charge in [-0.05, 0) is 17.7 Å². The Morgan fingerprint density at radius 3 is 2.59 bits per heavy atom. The average Bonchev–Trinajstić information content (AvgIpc) is 2.19. The summed E-state index contributed by atoms with van der Waals surface area (Å²) >= 11 is 0. The minimum Gasteiger partial charge on any atom is -0.504 e. The maximum absolute atomic E-state index is 13.3. The number of phenolic OH excluding ortho intramolecular Hbond substituents is 1. The van der Waals surface area contributed by atoms with Crippen LogP contribution >= 0.6 is 0 Å². The molecular formula is C12H12FNO3. The van der Waals surface area contributed by atoms with Crippen LogP contribution in [0.15, 0.2) is 12.1 Å². The molecule has 0 spiro atoms. The summed E-state index contributed by atoms with van der Waals surface area (Å²) in [7, 11) is 0. The molecule has 1 rings (SSSR count). The first kappa shape index (κ1) is 13.0. The van der Waals surface area contributed by atoms with Gasteiger partial charge < -0.3 is 10.2 Å². The van der Waals surface area contributed by atoms with E-state index in [1.54, 1.807) is 19.9 Å². The van der Waals surface area contributed by atoms with Crippen molar-refractivity contribution in [3.8, 4) is 11.8 Å². The van der Waals surface area contributed by atoms with Gasteiger partial charge in [-0.25, -0.2) is 4.39 Å². The Labute approximate surface area is 97.9 Å². The van der Waals surface area contributed by atoms with E-state index < -0.39 is 23.0 Å². The molecule has 90 valence electrons. The smallest absolute Gasteiger partial charge is 0.304 e. The molecular weight excluding hydrogens is 225 g/mol. The van der Waals surface area contributed by atoms with Gasteiger partial charge in [-0.3, -0.25) is 4.79 Å². The van der Waals surface area contributed by atoms with Gasteiger partial charge in [0.25, 0.3) is 0 Å². The van der Waals surface area contributed by atoms with Crippen LogP contribution in [0.4, 0.5) is 4.39 Å². The Bertz CT molecular complexity index is 503. The Morgan fingerprint density at radius 1 is 1.53 bits per heavy atom. The van der Waals surface area contributed by atoms with Crippen LogP contribution in [0.2, 0.25) is 0 Å². The molecule has 0 radical (unpaired) electrons. The molecule has 0 unspecified atom stereocenters. The van der Waals surface area contributed by atoms with Gasteiger partial charge in [0.1, 0.15) is 6.07 Å². The van der Waals surface area contributed by atoms with Crippen LogP contribution in [-0.4, -0.2) is 16.2 Å². The second-order valence-electron chi connectivity index (χ2n) is 4.42. The molecule has 0 amide bonds. The van der Waals surface area contributed by atoms with Crippen molar-refractivity contribution in [3.05, 3.63) is 29.1 Å². The molecule has 0 saturated heterocycles. The molecule has 0 aliphatic heterocycles. The molecule has 0 aromatic heterocycles. The number of nitriles is 1. The van der Waals surface area contributed by atoms with Crippen molar-refractivity contribution in [1.82, 2.24) is 0 Å². The topological polar surface area (TPSA) is 81.3 Å². The lowest BCUT2D eigenvalue weighted by Crippen LogP contribution is -2.22. The zero-order valence-corrected chi connectivity index (χ0v) is 9.49. The maximum atomic E-state index is 13.3. The predicted molar refractivity (Wildman–Crippen MR) is 58.1 cm³/mol. The fraction of sp³-hybridized carbons (Fsp3) is 0.333. The van der Waals surface area contributed by atoms with E-state index in [0.717, 1.165) is 6.07 Å². The molecule has 0 heterocycles. The Morgan fingerprint density at radius 2 is 2.12 bits per heavy atom. The number of halogens is 1. The first-order chi connectivity index (χ1) is 7.77. The first-order valence-electron chi connectivity index (χ1n) is 4.93. The van der Waals surface area contributed by atoms with E-state index in [1.807, 2.05) is 0 Å². The van der Waals surface area contributed by atoms with E-state index >= 15 is 0 Å². The molecule has 17 heavy (non-hydrogen) atoms. The van der Waals surface area contributed by atoms with E-state index in [1.165, 1.54) is 6.07 Å². The van der Waals surface area contributed by atoms with Gasteiger partial charge >= 0.3 is 5.97 Å².